The van der Waals surface area contributed by atoms with E-state index in [9.17, 15) is 14.7 Å². The highest BCUT2D eigenvalue weighted by atomic mass is 35.5. The van der Waals surface area contributed by atoms with Crippen molar-refractivity contribution in [1.29, 1.82) is 0 Å². The van der Waals surface area contributed by atoms with Crippen molar-refractivity contribution in [2.24, 2.45) is 5.92 Å². The molecule has 0 spiro atoms. The van der Waals surface area contributed by atoms with E-state index >= 15 is 0 Å². The van der Waals surface area contributed by atoms with Gasteiger partial charge in [-0.05, 0) is 30.9 Å². The second kappa shape index (κ2) is 8.98. The minimum atomic E-state index is -0.976. The first-order chi connectivity index (χ1) is 14.5. The lowest BCUT2D eigenvalue weighted by Crippen LogP contribution is -2.39. The van der Waals surface area contributed by atoms with Gasteiger partial charge in [-0.2, -0.15) is 0 Å². The minimum Gasteiger partial charge on any atom is -0.481 e. The molecule has 5 nitrogen and oxygen atoms in total. The van der Waals surface area contributed by atoms with Crippen molar-refractivity contribution in [3.63, 3.8) is 0 Å². The molecule has 1 aromatic heterocycles. The highest BCUT2D eigenvalue weighted by Gasteiger charge is 2.39. The number of hydrogen-bond acceptors (Lipinski definition) is 4. The second-order valence-corrected chi connectivity index (χ2v) is 8.66. The van der Waals surface area contributed by atoms with E-state index < -0.39 is 11.9 Å². The summed E-state index contributed by atoms with van der Waals surface area (Å²) in [7, 11) is 0. The Kier molecular flexibility index (Phi) is 6.16. The minimum absolute atomic E-state index is 0.0785. The number of carboxylic acids is 1. The van der Waals surface area contributed by atoms with Crippen LogP contribution in [-0.4, -0.2) is 28.0 Å². The Balaban J connectivity index is 1.62. The van der Waals surface area contributed by atoms with E-state index in [1.165, 1.54) is 11.3 Å². The van der Waals surface area contributed by atoms with Crippen molar-refractivity contribution < 1.29 is 14.7 Å². The summed E-state index contributed by atoms with van der Waals surface area (Å²) >= 11 is 7.69. The molecule has 3 aromatic rings. The predicted molar refractivity (Wildman–Crippen MR) is 119 cm³/mol. The van der Waals surface area contributed by atoms with Gasteiger partial charge in [0.05, 0.1) is 18.0 Å². The summed E-state index contributed by atoms with van der Waals surface area (Å²) in [5, 5.41) is 12.5. The van der Waals surface area contributed by atoms with Gasteiger partial charge in [0.15, 0.2) is 5.13 Å². The van der Waals surface area contributed by atoms with E-state index in [1.54, 1.807) is 4.90 Å². The molecule has 0 unspecified atom stereocenters. The van der Waals surface area contributed by atoms with E-state index in [0.717, 1.165) is 29.7 Å². The molecule has 1 saturated carbocycles. The summed E-state index contributed by atoms with van der Waals surface area (Å²) in [5.74, 6) is -1.79. The summed E-state index contributed by atoms with van der Waals surface area (Å²) in [6, 6.07) is 17.1. The molecule has 1 amide bonds. The van der Waals surface area contributed by atoms with Gasteiger partial charge in [0.1, 0.15) is 0 Å². The third-order valence-electron chi connectivity index (χ3n) is 5.09. The zero-order valence-electron chi connectivity index (χ0n) is 16.2. The SMILES string of the molecule is O=C(O)C[C@@H](Cc1ccccc1)C(=O)N(c1nc(-c2ccccc2Cl)cs1)C1CC1. The van der Waals surface area contributed by atoms with Crippen LogP contribution in [0.2, 0.25) is 5.02 Å². The molecule has 0 radical (unpaired) electrons. The molecule has 1 fully saturated rings. The fourth-order valence-electron chi connectivity index (χ4n) is 3.48. The van der Waals surface area contributed by atoms with E-state index in [1.807, 2.05) is 60.0 Å². The number of carbonyl (C=O) groups is 2. The summed E-state index contributed by atoms with van der Waals surface area (Å²) in [6.45, 7) is 0. The van der Waals surface area contributed by atoms with Crippen LogP contribution in [0.5, 0.6) is 0 Å². The summed E-state index contributed by atoms with van der Waals surface area (Å²) in [6.07, 6.45) is 1.98. The first-order valence-corrected chi connectivity index (χ1v) is 11.1. The van der Waals surface area contributed by atoms with Crippen LogP contribution < -0.4 is 4.90 Å². The Morgan fingerprint density at radius 2 is 1.83 bits per heavy atom. The molecule has 1 aliphatic carbocycles. The molecule has 30 heavy (non-hydrogen) atoms. The zero-order valence-corrected chi connectivity index (χ0v) is 17.8. The maximum atomic E-state index is 13.5. The molecule has 0 aliphatic heterocycles. The number of benzene rings is 2. The standard InChI is InChI=1S/C23H21ClN2O3S/c24-19-9-5-4-8-18(19)20-14-30-23(25-20)26(17-10-11-17)22(29)16(13-21(27)28)12-15-6-2-1-3-7-15/h1-9,14,16-17H,10-13H2,(H,27,28)/t16-/m1/s1. The van der Waals surface area contributed by atoms with Crippen molar-refractivity contribution in [1.82, 2.24) is 4.98 Å². The van der Waals surface area contributed by atoms with Crippen molar-refractivity contribution in [2.45, 2.75) is 31.7 Å². The van der Waals surface area contributed by atoms with Crippen LogP contribution in [0.4, 0.5) is 5.13 Å². The first-order valence-electron chi connectivity index (χ1n) is 9.82. The van der Waals surface area contributed by atoms with Crippen LogP contribution in [0.25, 0.3) is 11.3 Å². The number of aliphatic carboxylic acids is 1. The molecule has 154 valence electrons. The zero-order chi connectivity index (χ0) is 21.1. The Morgan fingerprint density at radius 1 is 1.13 bits per heavy atom. The maximum Gasteiger partial charge on any atom is 0.304 e. The smallest absolute Gasteiger partial charge is 0.304 e. The first kappa shape index (κ1) is 20.6. The van der Waals surface area contributed by atoms with Crippen molar-refractivity contribution in [3.8, 4) is 11.3 Å². The van der Waals surface area contributed by atoms with Crippen molar-refractivity contribution in [3.05, 3.63) is 70.6 Å². The van der Waals surface area contributed by atoms with Crippen LogP contribution >= 0.6 is 22.9 Å². The number of amides is 1. The van der Waals surface area contributed by atoms with Gasteiger partial charge in [-0.3, -0.25) is 14.5 Å². The van der Waals surface area contributed by atoms with Gasteiger partial charge in [0.2, 0.25) is 5.91 Å². The molecule has 0 bridgehead atoms. The molecule has 4 rings (SSSR count). The van der Waals surface area contributed by atoms with Gasteiger partial charge in [-0.1, -0.05) is 60.1 Å². The number of carboxylic acid groups (broad SMARTS) is 1. The molecular formula is C23H21ClN2O3S. The second-order valence-electron chi connectivity index (χ2n) is 7.42. The molecule has 1 heterocycles. The molecule has 0 saturated heterocycles. The molecule has 1 aliphatic rings. The van der Waals surface area contributed by atoms with Crippen molar-refractivity contribution in [2.75, 3.05) is 4.90 Å². The fourth-order valence-corrected chi connectivity index (χ4v) is 4.62. The molecule has 1 atom stereocenters. The Morgan fingerprint density at radius 3 is 2.50 bits per heavy atom. The number of carbonyl (C=O) groups excluding carboxylic acids is 1. The van der Waals surface area contributed by atoms with Crippen molar-refractivity contribution >= 4 is 39.9 Å². The maximum absolute atomic E-state index is 13.5. The molecule has 2 aromatic carbocycles. The largest absolute Gasteiger partial charge is 0.481 e. The van der Waals surface area contributed by atoms with Gasteiger partial charge >= 0.3 is 5.97 Å². The third kappa shape index (κ3) is 4.71. The number of aromatic nitrogens is 1. The highest BCUT2D eigenvalue weighted by molar-refractivity contribution is 7.14. The van der Waals surface area contributed by atoms with E-state index in [0.29, 0.717) is 16.6 Å². The normalized spacial score (nSPS) is 14.3. The van der Waals surface area contributed by atoms with Gasteiger partial charge in [0.25, 0.3) is 0 Å². The number of halogens is 1. The lowest BCUT2D eigenvalue weighted by atomic mass is 9.94. The van der Waals surface area contributed by atoms with E-state index in [4.69, 9.17) is 11.6 Å². The number of thiazole rings is 1. The van der Waals surface area contributed by atoms with Crippen LogP contribution in [0.15, 0.2) is 60.0 Å². The molecule has 1 N–H and O–H groups in total. The Bertz CT molecular complexity index is 1050. The summed E-state index contributed by atoms with van der Waals surface area (Å²) in [5.41, 5.74) is 2.48. The lowest BCUT2D eigenvalue weighted by molar-refractivity contribution is -0.140. The predicted octanol–water partition coefficient (Wildman–Crippen LogP) is 5.29. The summed E-state index contributed by atoms with van der Waals surface area (Å²) < 4.78 is 0. The molecule has 7 heteroatoms. The number of rotatable bonds is 8. The van der Waals surface area contributed by atoms with Crippen LogP contribution in [0.3, 0.4) is 0 Å². The average Bonchev–Trinajstić information content (AvgIpc) is 3.45. The average molecular weight is 441 g/mol. The lowest BCUT2D eigenvalue weighted by Gasteiger charge is -2.24. The van der Waals surface area contributed by atoms with Gasteiger partial charge in [-0.15, -0.1) is 11.3 Å². The van der Waals surface area contributed by atoms with Crippen LogP contribution in [0.1, 0.15) is 24.8 Å². The van der Waals surface area contributed by atoms with Crippen LogP contribution in [-0.2, 0) is 16.0 Å². The van der Waals surface area contributed by atoms with Gasteiger partial charge in [-0.25, -0.2) is 4.98 Å². The number of nitrogens with zero attached hydrogens (tertiary/aromatic N) is 2. The van der Waals surface area contributed by atoms with E-state index in [-0.39, 0.29) is 18.4 Å². The van der Waals surface area contributed by atoms with Gasteiger partial charge in [0, 0.05) is 22.0 Å². The monoisotopic (exact) mass is 440 g/mol. The van der Waals surface area contributed by atoms with Gasteiger partial charge < -0.3 is 5.11 Å². The number of hydrogen-bond donors (Lipinski definition) is 1. The Labute approximate surface area is 183 Å². The fraction of sp³-hybridized carbons (Fsp3) is 0.261. The number of anilines is 1. The third-order valence-corrected chi connectivity index (χ3v) is 6.26. The van der Waals surface area contributed by atoms with Crippen LogP contribution in [0, 0.1) is 5.92 Å². The quantitative estimate of drug-likeness (QED) is 0.516. The topological polar surface area (TPSA) is 70.5 Å². The molecular weight excluding hydrogens is 420 g/mol. The summed E-state index contributed by atoms with van der Waals surface area (Å²) in [4.78, 5) is 31.4. The Hall–Kier alpha value is -2.70. The highest BCUT2D eigenvalue weighted by Crippen LogP contribution is 2.38. The van der Waals surface area contributed by atoms with E-state index in [2.05, 4.69) is 4.98 Å².